The van der Waals surface area contributed by atoms with Crippen LogP contribution in [-0.4, -0.2) is 13.2 Å². The highest BCUT2D eigenvalue weighted by Gasteiger charge is 2.23. The number of halogens is 1. The zero-order valence-corrected chi connectivity index (χ0v) is 9.67. The van der Waals surface area contributed by atoms with Crippen molar-refractivity contribution < 1.29 is 4.74 Å². The molecule has 0 bridgehead atoms. The summed E-state index contributed by atoms with van der Waals surface area (Å²) < 4.78 is 6.91. The molecule has 2 nitrogen and oxygen atoms in total. The van der Waals surface area contributed by atoms with Gasteiger partial charge in [-0.3, -0.25) is 0 Å². The largest absolute Gasteiger partial charge is 0.490 e. The molecule has 0 spiro atoms. The topological polar surface area (TPSA) is 21.3 Å². The second-order valence-corrected chi connectivity index (χ2v) is 4.49. The van der Waals surface area contributed by atoms with Gasteiger partial charge in [0.25, 0.3) is 0 Å². The molecule has 0 unspecified atom stereocenters. The lowest BCUT2D eigenvalue weighted by molar-refractivity contribution is 0.303. The maximum atomic E-state index is 5.70. The quantitative estimate of drug-likeness (QED) is 0.864. The Morgan fingerprint density at radius 2 is 2.15 bits per heavy atom. The number of ether oxygens (including phenoxy) is 1. The molecule has 2 rings (SSSR count). The molecule has 70 valence electrons. The fourth-order valence-electron chi connectivity index (χ4n) is 1.15. The fraction of sp³-hybridized carbons (Fsp3) is 0.400. The van der Waals surface area contributed by atoms with Gasteiger partial charge in [0, 0.05) is 22.4 Å². The lowest BCUT2D eigenvalue weighted by atomic mass is 10.3. The summed E-state index contributed by atoms with van der Waals surface area (Å²) in [7, 11) is 1.92. The Morgan fingerprint density at radius 1 is 1.38 bits per heavy atom. The summed E-state index contributed by atoms with van der Waals surface area (Å²) in [6.45, 7) is 0. The highest BCUT2D eigenvalue weighted by atomic mass is 127. The van der Waals surface area contributed by atoms with Gasteiger partial charge in [-0.1, -0.05) is 0 Å². The summed E-state index contributed by atoms with van der Waals surface area (Å²) in [5, 5.41) is 3.12. The van der Waals surface area contributed by atoms with Gasteiger partial charge in [-0.15, -0.1) is 0 Å². The first-order valence-electron chi connectivity index (χ1n) is 4.43. The Balaban J connectivity index is 2.17. The van der Waals surface area contributed by atoms with Crippen molar-refractivity contribution in [3.05, 3.63) is 21.8 Å². The van der Waals surface area contributed by atoms with Gasteiger partial charge in [-0.2, -0.15) is 0 Å². The summed E-state index contributed by atoms with van der Waals surface area (Å²) in [5.74, 6) is 0.985. The number of nitrogens with one attached hydrogen (secondary N) is 1. The van der Waals surface area contributed by atoms with Crippen LogP contribution >= 0.6 is 22.6 Å². The Labute approximate surface area is 91.8 Å². The zero-order valence-electron chi connectivity index (χ0n) is 7.51. The number of rotatable bonds is 3. The summed E-state index contributed by atoms with van der Waals surface area (Å²) in [5.41, 5.74) is 1.11. The second kappa shape index (κ2) is 3.74. The molecule has 1 aliphatic rings. The first-order valence-corrected chi connectivity index (χ1v) is 5.51. The summed E-state index contributed by atoms with van der Waals surface area (Å²) >= 11 is 2.30. The highest BCUT2D eigenvalue weighted by Crippen LogP contribution is 2.29. The minimum atomic E-state index is 0.475. The summed E-state index contributed by atoms with van der Waals surface area (Å²) in [4.78, 5) is 0. The van der Waals surface area contributed by atoms with Crippen molar-refractivity contribution >= 4 is 28.3 Å². The maximum absolute atomic E-state index is 5.70. The van der Waals surface area contributed by atoms with Crippen LogP contribution < -0.4 is 10.1 Å². The van der Waals surface area contributed by atoms with Crippen LogP contribution in [0, 0.1) is 3.57 Å². The molecule has 1 aromatic carbocycles. The average Bonchev–Trinajstić information content (AvgIpc) is 2.87. The van der Waals surface area contributed by atoms with Crippen molar-refractivity contribution in [3.8, 4) is 5.75 Å². The van der Waals surface area contributed by atoms with Crippen LogP contribution in [0.4, 0.5) is 5.69 Å². The normalized spacial score (nSPS) is 15.5. The Bertz CT molecular complexity index is 310. The maximum Gasteiger partial charge on any atom is 0.122 e. The molecule has 0 heterocycles. The third-order valence-corrected chi connectivity index (χ3v) is 2.61. The van der Waals surface area contributed by atoms with Crippen molar-refractivity contribution in [2.45, 2.75) is 18.9 Å². The lowest BCUT2D eigenvalue weighted by Crippen LogP contribution is -1.97. The van der Waals surface area contributed by atoms with E-state index in [-0.39, 0.29) is 0 Å². The monoisotopic (exact) mass is 289 g/mol. The molecule has 1 fully saturated rings. The van der Waals surface area contributed by atoms with Gasteiger partial charge in [-0.25, -0.2) is 0 Å². The summed E-state index contributed by atoms with van der Waals surface area (Å²) in [6, 6.07) is 6.21. The molecular weight excluding hydrogens is 277 g/mol. The van der Waals surface area contributed by atoms with E-state index in [2.05, 4.69) is 40.0 Å². The van der Waals surface area contributed by atoms with Gasteiger partial charge in [0.15, 0.2) is 0 Å². The van der Waals surface area contributed by atoms with E-state index in [1.54, 1.807) is 0 Å². The van der Waals surface area contributed by atoms with E-state index >= 15 is 0 Å². The number of benzene rings is 1. The summed E-state index contributed by atoms with van der Waals surface area (Å²) in [6.07, 6.45) is 2.89. The Kier molecular flexibility index (Phi) is 2.62. The van der Waals surface area contributed by atoms with Gasteiger partial charge >= 0.3 is 0 Å². The van der Waals surface area contributed by atoms with Gasteiger partial charge in [0.1, 0.15) is 5.75 Å². The molecule has 0 aliphatic heterocycles. The van der Waals surface area contributed by atoms with Gasteiger partial charge in [-0.05, 0) is 47.6 Å². The Morgan fingerprint density at radius 3 is 2.77 bits per heavy atom. The van der Waals surface area contributed by atoms with E-state index in [1.165, 1.54) is 16.4 Å². The van der Waals surface area contributed by atoms with Gasteiger partial charge in [0.2, 0.25) is 0 Å². The molecule has 0 aromatic heterocycles. The number of hydrogen-bond donors (Lipinski definition) is 1. The van der Waals surface area contributed by atoms with E-state index in [9.17, 15) is 0 Å². The standard InChI is InChI=1S/C10H12INO/c1-12-8-4-7(11)5-10(6-8)13-9-2-3-9/h4-6,9,12H,2-3H2,1H3. The van der Waals surface area contributed by atoms with E-state index in [0.29, 0.717) is 6.10 Å². The number of hydrogen-bond acceptors (Lipinski definition) is 2. The third kappa shape index (κ3) is 2.49. The minimum absolute atomic E-state index is 0.475. The molecule has 0 saturated heterocycles. The molecule has 3 heteroatoms. The van der Waals surface area contributed by atoms with Crippen molar-refractivity contribution in [2.75, 3.05) is 12.4 Å². The Hall–Kier alpha value is -0.450. The van der Waals surface area contributed by atoms with Crippen LogP contribution in [0.1, 0.15) is 12.8 Å². The minimum Gasteiger partial charge on any atom is -0.490 e. The lowest BCUT2D eigenvalue weighted by Gasteiger charge is -2.07. The smallest absolute Gasteiger partial charge is 0.122 e. The first kappa shape index (κ1) is 9.12. The molecule has 1 aliphatic carbocycles. The molecule has 0 radical (unpaired) electrons. The van der Waals surface area contributed by atoms with Crippen molar-refractivity contribution in [3.63, 3.8) is 0 Å². The van der Waals surface area contributed by atoms with Crippen LogP contribution in [0.25, 0.3) is 0 Å². The van der Waals surface area contributed by atoms with Gasteiger partial charge < -0.3 is 10.1 Å². The van der Waals surface area contributed by atoms with Crippen molar-refractivity contribution in [1.29, 1.82) is 0 Å². The van der Waals surface area contributed by atoms with Crippen LogP contribution in [0.5, 0.6) is 5.75 Å². The number of anilines is 1. The third-order valence-electron chi connectivity index (χ3n) is 1.99. The van der Waals surface area contributed by atoms with E-state index in [0.717, 1.165) is 11.4 Å². The SMILES string of the molecule is CNc1cc(I)cc(OC2CC2)c1. The molecule has 1 aromatic rings. The van der Waals surface area contributed by atoms with Crippen LogP contribution in [0.2, 0.25) is 0 Å². The molecule has 0 amide bonds. The highest BCUT2D eigenvalue weighted by molar-refractivity contribution is 14.1. The average molecular weight is 289 g/mol. The fourth-order valence-corrected chi connectivity index (χ4v) is 1.80. The predicted octanol–water partition coefficient (Wildman–Crippen LogP) is 2.87. The van der Waals surface area contributed by atoms with Crippen LogP contribution in [0.3, 0.4) is 0 Å². The van der Waals surface area contributed by atoms with Gasteiger partial charge in [0.05, 0.1) is 6.10 Å². The second-order valence-electron chi connectivity index (χ2n) is 3.24. The molecule has 13 heavy (non-hydrogen) atoms. The van der Waals surface area contributed by atoms with Crippen molar-refractivity contribution in [1.82, 2.24) is 0 Å². The van der Waals surface area contributed by atoms with Crippen LogP contribution in [0.15, 0.2) is 18.2 Å². The zero-order chi connectivity index (χ0) is 9.26. The van der Waals surface area contributed by atoms with E-state index < -0.39 is 0 Å². The molecular formula is C10H12INO. The van der Waals surface area contributed by atoms with E-state index in [1.807, 2.05) is 13.1 Å². The predicted molar refractivity (Wildman–Crippen MR) is 62.4 cm³/mol. The molecule has 1 N–H and O–H groups in total. The molecule has 0 atom stereocenters. The van der Waals surface area contributed by atoms with E-state index in [4.69, 9.17) is 4.74 Å². The van der Waals surface area contributed by atoms with Crippen molar-refractivity contribution in [2.24, 2.45) is 0 Å². The van der Waals surface area contributed by atoms with Crippen LogP contribution in [-0.2, 0) is 0 Å². The molecule has 1 saturated carbocycles. The first-order chi connectivity index (χ1) is 6.28.